The summed E-state index contributed by atoms with van der Waals surface area (Å²) < 4.78 is 0. The van der Waals surface area contributed by atoms with E-state index in [0.29, 0.717) is 23.7 Å². The number of carbonyl (C=O) groups is 2. The quantitative estimate of drug-likeness (QED) is 0.835. The molecule has 0 aliphatic carbocycles. The molecule has 1 aromatic heterocycles. The Morgan fingerprint density at radius 1 is 1.42 bits per heavy atom. The molecule has 102 valence electrons. The molecule has 0 spiro atoms. The van der Waals surface area contributed by atoms with E-state index in [1.165, 1.54) is 6.20 Å². The van der Waals surface area contributed by atoms with Crippen LogP contribution in [-0.2, 0) is 4.79 Å². The van der Waals surface area contributed by atoms with Crippen LogP contribution in [0.3, 0.4) is 0 Å². The lowest BCUT2D eigenvalue weighted by Crippen LogP contribution is -2.51. The fourth-order valence-electron chi connectivity index (χ4n) is 2.28. The average molecular weight is 282 g/mol. The van der Waals surface area contributed by atoms with Crippen LogP contribution in [0.4, 0.5) is 0 Å². The first-order valence-electron chi connectivity index (χ1n) is 6.27. The summed E-state index contributed by atoms with van der Waals surface area (Å²) in [6.45, 7) is 0.597. The molecule has 6 heteroatoms. The molecule has 19 heavy (non-hydrogen) atoms. The van der Waals surface area contributed by atoms with E-state index in [2.05, 4.69) is 10.3 Å². The molecule has 0 aromatic carbocycles. The van der Waals surface area contributed by atoms with Crippen LogP contribution in [0.1, 0.15) is 29.6 Å². The molecule has 1 aliphatic heterocycles. The molecule has 1 saturated heterocycles. The van der Waals surface area contributed by atoms with Crippen LogP contribution in [0.2, 0.25) is 5.15 Å². The van der Waals surface area contributed by atoms with Crippen LogP contribution in [0.5, 0.6) is 0 Å². The lowest BCUT2D eigenvalue weighted by Gasteiger charge is -2.34. The van der Waals surface area contributed by atoms with E-state index < -0.39 is 0 Å². The normalized spacial score (nSPS) is 19.1. The minimum atomic E-state index is -0.387. The smallest absolute Gasteiger partial charge is 0.256 e. The maximum atomic E-state index is 12.4. The van der Waals surface area contributed by atoms with Gasteiger partial charge in [-0.15, -0.1) is 0 Å². The Balaban J connectivity index is 2.20. The number of rotatable bonds is 2. The van der Waals surface area contributed by atoms with Crippen LogP contribution in [-0.4, -0.2) is 41.3 Å². The number of piperidine rings is 1. The summed E-state index contributed by atoms with van der Waals surface area (Å²) >= 11 is 5.70. The largest absolute Gasteiger partial charge is 0.357 e. The van der Waals surface area contributed by atoms with Crippen LogP contribution in [0, 0.1) is 0 Å². The minimum Gasteiger partial charge on any atom is -0.357 e. The fourth-order valence-corrected chi connectivity index (χ4v) is 2.39. The van der Waals surface area contributed by atoms with Crippen molar-refractivity contribution in [2.75, 3.05) is 13.6 Å². The highest BCUT2D eigenvalue weighted by Crippen LogP contribution is 2.20. The monoisotopic (exact) mass is 281 g/mol. The number of halogens is 1. The van der Waals surface area contributed by atoms with E-state index in [-0.39, 0.29) is 17.9 Å². The third kappa shape index (κ3) is 3.04. The van der Waals surface area contributed by atoms with Crippen LogP contribution < -0.4 is 5.32 Å². The maximum absolute atomic E-state index is 12.4. The molecular formula is C13H16ClN3O2. The van der Waals surface area contributed by atoms with Crippen molar-refractivity contribution in [2.24, 2.45) is 0 Å². The van der Waals surface area contributed by atoms with Crippen molar-refractivity contribution in [3.8, 4) is 0 Å². The molecule has 1 fully saturated rings. The Morgan fingerprint density at radius 2 is 2.21 bits per heavy atom. The Morgan fingerprint density at radius 3 is 2.84 bits per heavy atom. The summed E-state index contributed by atoms with van der Waals surface area (Å²) in [7, 11) is 1.59. The van der Waals surface area contributed by atoms with Gasteiger partial charge in [0.15, 0.2) is 0 Å². The Bertz CT molecular complexity index is 475. The first-order valence-corrected chi connectivity index (χ1v) is 6.65. The van der Waals surface area contributed by atoms with Crippen molar-refractivity contribution < 1.29 is 9.59 Å². The molecular weight excluding hydrogens is 266 g/mol. The minimum absolute atomic E-state index is 0.116. The average Bonchev–Trinajstić information content (AvgIpc) is 2.46. The second-order valence-corrected chi connectivity index (χ2v) is 4.88. The van der Waals surface area contributed by atoms with E-state index >= 15 is 0 Å². The molecule has 0 bridgehead atoms. The number of likely N-dealkylation sites (tertiary alicyclic amines) is 1. The lowest BCUT2D eigenvalue weighted by atomic mass is 10.0. The Labute approximate surface area is 117 Å². The van der Waals surface area contributed by atoms with Crippen LogP contribution in [0.25, 0.3) is 0 Å². The molecule has 2 rings (SSSR count). The highest BCUT2D eigenvalue weighted by molar-refractivity contribution is 6.29. The zero-order chi connectivity index (χ0) is 13.8. The van der Waals surface area contributed by atoms with Gasteiger partial charge in [-0.2, -0.15) is 0 Å². The first-order chi connectivity index (χ1) is 9.13. The first kappa shape index (κ1) is 13.8. The van der Waals surface area contributed by atoms with Crippen molar-refractivity contribution in [1.82, 2.24) is 15.2 Å². The van der Waals surface area contributed by atoms with E-state index in [1.807, 2.05) is 0 Å². The van der Waals surface area contributed by atoms with Gasteiger partial charge in [0, 0.05) is 19.8 Å². The predicted molar refractivity (Wildman–Crippen MR) is 72.0 cm³/mol. The van der Waals surface area contributed by atoms with Gasteiger partial charge < -0.3 is 10.2 Å². The van der Waals surface area contributed by atoms with Crippen molar-refractivity contribution in [3.05, 3.63) is 29.0 Å². The van der Waals surface area contributed by atoms with Crippen molar-refractivity contribution in [2.45, 2.75) is 25.3 Å². The molecule has 5 nitrogen and oxygen atoms in total. The zero-order valence-corrected chi connectivity index (χ0v) is 11.5. The van der Waals surface area contributed by atoms with Crippen molar-refractivity contribution in [1.29, 1.82) is 0 Å². The third-order valence-corrected chi connectivity index (χ3v) is 3.51. The number of nitrogens with zero attached hydrogens (tertiary/aromatic N) is 2. The second-order valence-electron chi connectivity index (χ2n) is 4.49. The maximum Gasteiger partial charge on any atom is 0.256 e. The number of hydrogen-bond acceptors (Lipinski definition) is 3. The van der Waals surface area contributed by atoms with Crippen LogP contribution >= 0.6 is 11.6 Å². The standard InChI is InChI=1S/C13H16ClN3O2/c1-15-12(18)10-4-2-3-7-17(10)13(19)9-5-6-11(14)16-8-9/h5-6,8,10H,2-4,7H2,1H3,(H,15,18). The highest BCUT2D eigenvalue weighted by atomic mass is 35.5. The molecule has 1 aliphatic rings. The number of amides is 2. The number of aromatic nitrogens is 1. The predicted octanol–water partition coefficient (Wildman–Crippen LogP) is 1.48. The summed E-state index contributed by atoms with van der Waals surface area (Å²) in [5.74, 6) is -0.285. The molecule has 1 N–H and O–H groups in total. The SMILES string of the molecule is CNC(=O)C1CCCCN1C(=O)c1ccc(Cl)nc1. The van der Waals surface area contributed by atoms with Gasteiger partial charge in [-0.25, -0.2) is 4.98 Å². The summed E-state index contributed by atoms with van der Waals surface area (Å²) in [6, 6.07) is 2.82. The molecule has 0 radical (unpaired) electrons. The summed E-state index contributed by atoms with van der Waals surface area (Å²) in [5, 5.41) is 2.96. The summed E-state index contributed by atoms with van der Waals surface area (Å²) in [4.78, 5) is 29.8. The fraction of sp³-hybridized carbons (Fsp3) is 0.462. The summed E-state index contributed by atoms with van der Waals surface area (Å²) in [6.07, 6.45) is 4.02. The van der Waals surface area contributed by atoms with Crippen molar-refractivity contribution >= 4 is 23.4 Å². The van der Waals surface area contributed by atoms with Gasteiger partial charge in [0.1, 0.15) is 11.2 Å². The Hall–Kier alpha value is -1.62. The van der Waals surface area contributed by atoms with Crippen LogP contribution in [0.15, 0.2) is 18.3 Å². The van der Waals surface area contributed by atoms with Crippen molar-refractivity contribution in [3.63, 3.8) is 0 Å². The number of hydrogen-bond donors (Lipinski definition) is 1. The summed E-state index contributed by atoms with van der Waals surface area (Å²) in [5.41, 5.74) is 0.459. The molecule has 2 amide bonds. The van der Waals surface area contributed by atoms with Gasteiger partial charge in [0.25, 0.3) is 5.91 Å². The molecule has 2 heterocycles. The van der Waals surface area contributed by atoms with E-state index in [0.717, 1.165) is 12.8 Å². The van der Waals surface area contributed by atoms with E-state index in [4.69, 9.17) is 11.6 Å². The second kappa shape index (κ2) is 6.02. The number of pyridine rings is 1. The van der Waals surface area contributed by atoms with Gasteiger partial charge in [0.2, 0.25) is 5.91 Å². The molecule has 1 aromatic rings. The van der Waals surface area contributed by atoms with E-state index in [1.54, 1.807) is 24.1 Å². The van der Waals surface area contributed by atoms with Gasteiger partial charge >= 0.3 is 0 Å². The topological polar surface area (TPSA) is 62.3 Å². The third-order valence-electron chi connectivity index (χ3n) is 3.29. The zero-order valence-electron chi connectivity index (χ0n) is 10.7. The Kier molecular flexibility index (Phi) is 4.37. The lowest BCUT2D eigenvalue weighted by molar-refractivity contribution is -0.126. The molecule has 0 saturated carbocycles. The van der Waals surface area contributed by atoms with E-state index in [9.17, 15) is 9.59 Å². The van der Waals surface area contributed by atoms with Gasteiger partial charge in [0.05, 0.1) is 5.56 Å². The van der Waals surface area contributed by atoms with Gasteiger partial charge in [-0.1, -0.05) is 11.6 Å². The highest BCUT2D eigenvalue weighted by Gasteiger charge is 2.32. The molecule has 1 unspecified atom stereocenters. The number of carbonyl (C=O) groups excluding carboxylic acids is 2. The number of likely N-dealkylation sites (N-methyl/N-ethyl adjacent to an activating group) is 1. The number of nitrogens with one attached hydrogen (secondary N) is 1. The molecule has 1 atom stereocenters. The van der Waals surface area contributed by atoms with Gasteiger partial charge in [-0.05, 0) is 31.4 Å². The van der Waals surface area contributed by atoms with Gasteiger partial charge in [-0.3, -0.25) is 9.59 Å².